The van der Waals surface area contributed by atoms with E-state index in [9.17, 15) is 9.59 Å². The third-order valence-electron chi connectivity index (χ3n) is 2.35. The van der Waals surface area contributed by atoms with Crippen molar-refractivity contribution >= 4 is 12.6 Å². The van der Waals surface area contributed by atoms with Gasteiger partial charge >= 0.3 is 6.09 Å². The number of amides is 1. The lowest BCUT2D eigenvalue weighted by atomic mass is 10.2. The smallest absolute Gasteiger partial charge is 0.407 e. The molecule has 16 heavy (non-hydrogen) atoms. The Kier molecular flexibility index (Phi) is 4.15. The van der Waals surface area contributed by atoms with Crippen molar-refractivity contribution in [2.24, 2.45) is 0 Å². The molecule has 1 amide bonds. The van der Waals surface area contributed by atoms with Crippen LogP contribution in [0.4, 0.5) is 4.79 Å². The van der Waals surface area contributed by atoms with E-state index in [1.165, 1.54) is 0 Å². The number of nitrogens with one attached hydrogen (secondary N) is 1. The molecule has 0 aromatic rings. The van der Waals surface area contributed by atoms with Gasteiger partial charge in [-0.2, -0.15) is 0 Å². The van der Waals surface area contributed by atoms with Gasteiger partial charge in [0.2, 0.25) is 0 Å². The van der Waals surface area contributed by atoms with Crippen molar-refractivity contribution in [1.29, 1.82) is 0 Å². The molecule has 1 aliphatic rings. The first-order chi connectivity index (χ1) is 7.40. The summed E-state index contributed by atoms with van der Waals surface area (Å²) >= 11 is 0. The van der Waals surface area contributed by atoms with Gasteiger partial charge in [-0.25, -0.2) is 4.79 Å². The van der Waals surface area contributed by atoms with Crippen LogP contribution in [0.1, 0.15) is 40.0 Å². The van der Waals surface area contributed by atoms with E-state index in [4.69, 9.17) is 9.47 Å². The minimum absolute atomic E-state index is 0.0415. The third-order valence-corrected chi connectivity index (χ3v) is 2.35. The van der Waals surface area contributed by atoms with E-state index in [1.54, 1.807) is 0 Å². The second kappa shape index (κ2) is 5.18. The molecule has 0 aromatic heterocycles. The summed E-state index contributed by atoms with van der Waals surface area (Å²) in [4.78, 5) is 21.6. The number of ether oxygens (including phenoxy) is 2. The minimum atomic E-state index is -0.485. The summed E-state index contributed by atoms with van der Waals surface area (Å²) in [6, 6.07) is 0.0415. The Bertz CT molecular complexity index is 259. The quantitative estimate of drug-likeness (QED) is 0.747. The van der Waals surface area contributed by atoms with Crippen LogP contribution < -0.4 is 5.32 Å². The first-order valence-corrected chi connectivity index (χ1v) is 5.49. The van der Waals surface area contributed by atoms with Crippen molar-refractivity contribution in [2.75, 3.05) is 0 Å². The van der Waals surface area contributed by atoms with E-state index in [1.807, 2.05) is 20.8 Å². The van der Waals surface area contributed by atoms with Crippen LogP contribution in [0.25, 0.3) is 0 Å². The SMILES string of the molecule is CC(C)(C)OC(=O)N[C@H]1CC[C@H](OC=O)C1. The highest BCUT2D eigenvalue weighted by Crippen LogP contribution is 2.21. The van der Waals surface area contributed by atoms with Crippen molar-refractivity contribution in [1.82, 2.24) is 5.32 Å². The lowest BCUT2D eigenvalue weighted by molar-refractivity contribution is -0.133. The topological polar surface area (TPSA) is 64.6 Å². The van der Waals surface area contributed by atoms with E-state index >= 15 is 0 Å². The lowest BCUT2D eigenvalue weighted by Gasteiger charge is -2.21. The Balaban J connectivity index is 2.28. The molecule has 0 unspecified atom stereocenters. The van der Waals surface area contributed by atoms with Gasteiger partial charge in [0.15, 0.2) is 0 Å². The lowest BCUT2D eigenvalue weighted by Crippen LogP contribution is -2.38. The number of carbonyl (C=O) groups is 2. The van der Waals surface area contributed by atoms with Crippen LogP contribution in [0.5, 0.6) is 0 Å². The van der Waals surface area contributed by atoms with Gasteiger partial charge in [0.1, 0.15) is 11.7 Å². The number of hydrogen-bond acceptors (Lipinski definition) is 4. The number of alkyl carbamates (subject to hydrolysis) is 1. The summed E-state index contributed by atoms with van der Waals surface area (Å²) in [6.07, 6.45) is 1.79. The third kappa shape index (κ3) is 4.51. The van der Waals surface area contributed by atoms with E-state index in [-0.39, 0.29) is 12.1 Å². The molecule has 92 valence electrons. The highest BCUT2D eigenvalue weighted by molar-refractivity contribution is 5.68. The van der Waals surface area contributed by atoms with E-state index in [0.29, 0.717) is 12.9 Å². The first kappa shape index (κ1) is 12.8. The molecule has 0 saturated heterocycles. The number of rotatable bonds is 3. The van der Waals surface area contributed by atoms with Crippen LogP contribution in [-0.4, -0.2) is 30.3 Å². The summed E-state index contributed by atoms with van der Waals surface area (Å²) in [5.41, 5.74) is -0.485. The van der Waals surface area contributed by atoms with Crippen LogP contribution in [0.2, 0.25) is 0 Å². The normalized spacial score (nSPS) is 24.9. The van der Waals surface area contributed by atoms with Gasteiger partial charge in [-0.15, -0.1) is 0 Å². The summed E-state index contributed by atoms with van der Waals surface area (Å²) in [6.45, 7) is 5.92. The van der Waals surface area contributed by atoms with Crippen molar-refractivity contribution < 1.29 is 19.1 Å². The fourth-order valence-corrected chi connectivity index (χ4v) is 1.75. The molecule has 1 saturated carbocycles. The Morgan fingerprint density at radius 3 is 2.62 bits per heavy atom. The Morgan fingerprint density at radius 2 is 2.06 bits per heavy atom. The van der Waals surface area contributed by atoms with Crippen LogP contribution in [0, 0.1) is 0 Å². The molecule has 1 aliphatic carbocycles. The van der Waals surface area contributed by atoms with Crippen molar-refractivity contribution in [3.8, 4) is 0 Å². The highest BCUT2D eigenvalue weighted by atomic mass is 16.6. The molecular formula is C11H19NO4. The predicted molar refractivity (Wildman–Crippen MR) is 57.9 cm³/mol. The second-order valence-corrected chi connectivity index (χ2v) is 5.01. The number of hydrogen-bond donors (Lipinski definition) is 1. The van der Waals surface area contributed by atoms with Crippen molar-refractivity contribution in [3.63, 3.8) is 0 Å². The minimum Gasteiger partial charge on any atom is -0.465 e. The summed E-state index contributed by atoms with van der Waals surface area (Å²) in [5.74, 6) is 0. The Hall–Kier alpha value is -1.26. The fraction of sp³-hybridized carbons (Fsp3) is 0.818. The average molecular weight is 229 g/mol. The predicted octanol–water partition coefficient (Wildman–Crippen LogP) is 1.61. The zero-order valence-corrected chi connectivity index (χ0v) is 9.99. The van der Waals surface area contributed by atoms with Gasteiger partial charge in [0, 0.05) is 12.5 Å². The van der Waals surface area contributed by atoms with Crippen molar-refractivity contribution in [3.05, 3.63) is 0 Å². The largest absolute Gasteiger partial charge is 0.465 e. The molecular weight excluding hydrogens is 210 g/mol. The standard InChI is InChI=1S/C11H19NO4/c1-11(2,3)16-10(14)12-8-4-5-9(6-8)15-7-13/h7-9H,4-6H2,1-3H3,(H,12,14)/t8-,9-/m0/s1. The summed E-state index contributed by atoms with van der Waals surface area (Å²) in [5, 5.41) is 2.77. The van der Waals surface area contributed by atoms with Crippen LogP contribution in [0.3, 0.4) is 0 Å². The van der Waals surface area contributed by atoms with E-state index in [2.05, 4.69) is 5.32 Å². The van der Waals surface area contributed by atoms with Gasteiger partial charge in [0.25, 0.3) is 6.47 Å². The summed E-state index contributed by atoms with van der Waals surface area (Å²) < 4.78 is 9.98. The van der Waals surface area contributed by atoms with Crippen molar-refractivity contribution in [2.45, 2.75) is 57.8 Å². The monoisotopic (exact) mass is 229 g/mol. The zero-order valence-electron chi connectivity index (χ0n) is 9.99. The van der Waals surface area contributed by atoms with E-state index < -0.39 is 11.7 Å². The maximum atomic E-state index is 11.4. The molecule has 2 atom stereocenters. The molecule has 0 spiro atoms. The molecule has 0 heterocycles. The number of carbonyl (C=O) groups excluding carboxylic acids is 2. The van der Waals surface area contributed by atoms with Gasteiger partial charge < -0.3 is 14.8 Å². The van der Waals surface area contributed by atoms with Gasteiger partial charge in [-0.05, 0) is 33.6 Å². The summed E-state index contributed by atoms with van der Waals surface area (Å²) in [7, 11) is 0. The molecule has 5 heteroatoms. The molecule has 0 aliphatic heterocycles. The average Bonchev–Trinajstić information content (AvgIpc) is 2.49. The maximum absolute atomic E-state index is 11.4. The van der Waals surface area contributed by atoms with Gasteiger partial charge in [-0.3, -0.25) is 4.79 Å². The van der Waals surface area contributed by atoms with Gasteiger partial charge in [-0.1, -0.05) is 0 Å². The van der Waals surface area contributed by atoms with Gasteiger partial charge in [0.05, 0.1) is 0 Å². The van der Waals surface area contributed by atoms with Crippen LogP contribution in [0.15, 0.2) is 0 Å². The van der Waals surface area contributed by atoms with Crippen LogP contribution in [-0.2, 0) is 14.3 Å². The second-order valence-electron chi connectivity index (χ2n) is 5.01. The fourth-order valence-electron chi connectivity index (χ4n) is 1.75. The molecule has 1 N–H and O–H groups in total. The molecule has 1 rings (SSSR count). The molecule has 0 bridgehead atoms. The maximum Gasteiger partial charge on any atom is 0.407 e. The Labute approximate surface area is 95.5 Å². The first-order valence-electron chi connectivity index (χ1n) is 5.49. The Morgan fingerprint density at radius 1 is 1.38 bits per heavy atom. The van der Waals surface area contributed by atoms with Crippen LogP contribution >= 0.6 is 0 Å². The highest BCUT2D eigenvalue weighted by Gasteiger charge is 2.28. The molecule has 5 nitrogen and oxygen atoms in total. The zero-order chi connectivity index (χ0) is 12.2. The molecule has 0 aromatic carbocycles. The van der Waals surface area contributed by atoms with E-state index in [0.717, 1.165) is 12.8 Å². The molecule has 1 fully saturated rings. The molecule has 0 radical (unpaired) electrons.